The first-order valence-electron chi connectivity index (χ1n) is 6.80. The number of methoxy groups -OCH3 is 1. The average Bonchev–Trinajstić information content (AvgIpc) is 2.46. The summed E-state index contributed by atoms with van der Waals surface area (Å²) in [5, 5.41) is 11.1. The number of likely N-dealkylation sites (tertiary alicyclic amines) is 1. The van der Waals surface area contributed by atoms with Gasteiger partial charge in [-0.3, -0.25) is 14.9 Å². The molecular weight excluding hydrogens is 274 g/mol. The van der Waals surface area contributed by atoms with Crippen molar-refractivity contribution in [3.8, 4) is 0 Å². The minimum Gasteiger partial charge on any atom is -0.393 e. The van der Waals surface area contributed by atoms with Crippen LogP contribution in [0.2, 0.25) is 0 Å². The Balaban J connectivity index is 2.29. The lowest BCUT2D eigenvalue weighted by atomic mass is 9.95. The van der Waals surface area contributed by atoms with Gasteiger partial charge in [-0.1, -0.05) is 13.0 Å². The Hall–Kier alpha value is -2.15. The molecule has 114 valence electrons. The molecule has 0 spiro atoms. The molecule has 7 heteroatoms. The second kappa shape index (κ2) is 6.09. The molecule has 7 nitrogen and oxygen atoms in total. The fraction of sp³-hybridized carbons (Fsp3) is 0.500. The van der Waals surface area contributed by atoms with Crippen LogP contribution in [0.5, 0.6) is 0 Å². The van der Waals surface area contributed by atoms with Crippen LogP contribution in [0, 0.1) is 16.0 Å². The van der Waals surface area contributed by atoms with Gasteiger partial charge < -0.3 is 15.4 Å². The van der Waals surface area contributed by atoms with Crippen LogP contribution in [0.25, 0.3) is 0 Å². The number of anilines is 1. The van der Waals surface area contributed by atoms with Gasteiger partial charge in [-0.25, -0.2) is 0 Å². The SMILES string of the molecule is COC1CN(C(=O)c2cccc(N)c2[N+](=O)[O-])CCC1C. The summed E-state index contributed by atoms with van der Waals surface area (Å²) in [6, 6.07) is 4.41. The van der Waals surface area contributed by atoms with Crippen molar-refractivity contribution >= 4 is 17.3 Å². The van der Waals surface area contributed by atoms with Gasteiger partial charge in [0.15, 0.2) is 0 Å². The summed E-state index contributed by atoms with van der Waals surface area (Å²) in [5.74, 6) is -0.0159. The molecule has 0 bridgehead atoms. The van der Waals surface area contributed by atoms with Crippen molar-refractivity contribution in [2.45, 2.75) is 19.4 Å². The quantitative estimate of drug-likeness (QED) is 0.519. The van der Waals surface area contributed by atoms with E-state index in [-0.39, 0.29) is 28.9 Å². The number of nitro groups is 1. The van der Waals surface area contributed by atoms with Crippen LogP contribution in [0.3, 0.4) is 0 Å². The third-order valence-electron chi connectivity index (χ3n) is 3.96. The molecule has 2 rings (SSSR count). The number of carbonyl (C=O) groups is 1. The summed E-state index contributed by atoms with van der Waals surface area (Å²) in [7, 11) is 1.61. The number of nitro benzene ring substituents is 1. The highest BCUT2D eigenvalue weighted by molar-refractivity contribution is 6.00. The highest BCUT2D eigenvalue weighted by atomic mass is 16.6. The maximum Gasteiger partial charge on any atom is 0.304 e. The number of nitrogens with two attached hydrogens (primary N) is 1. The standard InChI is InChI=1S/C14H19N3O4/c1-9-6-7-16(8-12(9)21-2)14(18)10-4-3-5-11(15)13(10)17(19)20/h3-5,9,12H,6-8,15H2,1-2H3. The zero-order valence-electron chi connectivity index (χ0n) is 12.1. The predicted molar refractivity (Wildman–Crippen MR) is 78.0 cm³/mol. The van der Waals surface area contributed by atoms with Crippen LogP contribution < -0.4 is 5.73 Å². The van der Waals surface area contributed by atoms with Crippen LogP contribution in [-0.4, -0.2) is 42.0 Å². The Morgan fingerprint density at radius 1 is 1.52 bits per heavy atom. The summed E-state index contributed by atoms with van der Waals surface area (Å²) in [6.07, 6.45) is 0.753. The van der Waals surface area contributed by atoms with E-state index in [1.807, 2.05) is 0 Å². The molecule has 2 N–H and O–H groups in total. The van der Waals surface area contributed by atoms with Crippen LogP contribution in [-0.2, 0) is 4.74 Å². The molecule has 1 aliphatic heterocycles. The number of piperidine rings is 1. The number of para-hydroxylation sites is 1. The van der Waals surface area contributed by atoms with E-state index in [4.69, 9.17) is 10.5 Å². The lowest BCUT2D eigenvalue weighted by molar-refractivity contribution is -0.384. The van der Waals surface area contributed by atoms with Crippen LogP contribution in [0.15, 0.2) is 18.2 Å². The Kier molecular flexibility index (Phi) is 4.42. The van der Waals surface area contributed by atoms with Gasteiger partial charge in [-0.15, -0.1) is 0 Å². The highest BCUT2D eigenvalue weighted by Gasteiger charge is 2.32. The largest absolute Gasteiger partial charge is 0.393 e. The second-order valence-corrected chi connectivity index (χ2v) is 5.29. The van der Waals surface area contributed by atoms with Gasteiger partial charge in [-0.2, -0.15) is 0 Å². The second-order valence-electron chi connectivity index (χ2n) is 5.29. The van der Waals surface area contributed by atoms with Crippen molar-refractivity contribution in [2.24, 2.45) is 5.92 Å². The molecular formula is C14H19N3O4. The zero-order valence-corrected chi connectivity index (χ0v) is 12.1. The van der Waals surface area contributed by atoms with Gasteiger partial charge in [0.05, 0.1) is 11.0 Å². The normalized spacial score (nSPS) is 22.1. The summed E-state index contributed by atoms with van der Waals surface area (Å²) in [6.45, 7) is 3.06. The third kappa shape index (κ3) is 2.97. The minimum atomic E-state index is -0.608. The number of ether oxygens (including phenoxy) is 1. The van der Waals surface area contributed by atoms with E-state index in [0.29, 0.717) is 19.0 Å². The molecule has 1 aliphatic rings. The maximum absolute atomic E-state index is 12.6. The maximum atomic E-state index is 12.6. The van der Waals surface area contributed by atoms with Crippen molar-refractivity contribution in [1.82, 2.24) is 4.90 Å². The fourth-order valence-electron chi connectivity index (χ4n) is 2.63. The number of hydrogen-bond donors (Lipinski definition) is 1. The average molecular weight is 293 g/mol. The molecule has 1 heterocycles. The summed E-state index contributed by atoms with van der Waals surface area (Å²) in [5.41, 5.74) is 5.34. The minimum absolute atomic E-state index is 0.000445. The van der Waals surface area contributed by atoms with E-state index in [0.717, 1.165) is 6.42 Å². The van der Waals surface area contributed by atoms with Crippen molar-refractivity contribution in [1.29, 1.82) is 0 Å². The molecule has 2 unspecified atom stereocenters. The Bertz CT molecular complexity index is 561. The molecule has 1 aromatic carbocycles. The van der Waals surface area contributed by atoms with Gasteiger partial charge in [0, 0.05) is 20.2 Å². The number of nitrogens with zero attached hydrogens (tertiary/aromatic N) is 2. The first kappa shape index (κ1) is 15.2. The van der Waals surface area contributed by atoms with Gasteiger partial charge in [0.2, 0.25) is 0 Å². The number of carbonyl (C=O) groups excluding carboxylic acids is 1. The summed E-state index contributed by atoms with van der Waals surface area (Å²) < 4.78 is 5.37. The first-order valence-corrected chi connectivity index (χ1v) is 6.80. The van der Waals surface area contributed by atoms with Crippen LogP contribution in [0.4, 0.5) is 11.4 Å². The van der Waals surface area contributed by atoms with E-state index < -0.39 is 4.92 Å². The van der Waals surface area contributed by atoms with Gasteiger partial charge in [0.25, 0.3) is 5.91 Å². The molecule has 1 fully saturated rings. The Labute approximate surface area is 122 Å². The molecule has 0 radical (unpaired) electrons. The van der Waals surface area contributed by atoms with E-state index in [1.165, 1.54) is 12.1 Å². The number of rotatable bonds is 3. The monoisotopic (exact) mass is 293 g/mol. The molecule has 0 aliphatic carbocycles. The smallest absolute Gasteiger partial charge is 0.304 e. The van der Waals surface area contributed by atoms with Gasteiger partial charge in [0.1, 0.15) is 11.3 Å². The lowest BCUT2D eigenvalue weighted by Crippen LogP contribution is -2.46. The van der Waals surface area contributed by atoms with Crippen LogP contribution in [0.1, 0.15) is 23.7 Å². The van der Waals surface area contributed by atoms with Gasteiger partial charge in [-0.05, 0) is 24.5 Å². The van der Waals surface area contributed by atoms with Crippen molar-refractivity contribution < 1.29 is 14.5 Å². The molecule has 2 atom stereocenters. The number of amides is 1. The van der Waals surface area contributed by atoms with E-state index >= 15 is 0 Å². The van der Waals surface area contributed by atoms with E-state index in [2.05, 4.69) is 6.92 Å². The summed E-state index contributed by atoms with van der Waals surface area (Å²) >= 11 is 0. The molecule has 1 amide bonds. The van der Waals surface area contributed by atoms with E-state index in [9.17, 15) is 14.9 Å². The Morgan fingerprint density at radius 2 is 2.24 bits per heavy atom. The Morgan fingerprint density at radius 3 is 2.86 bits per heavy atom. The number of benzene rings is 1. The third-order valence-corrected chi connectivity index (χ3v) is 3.96. The molecule has 0 saturated carbocycles. The molecule has 21 heavy (non-hydrogen) atoms. The topological polar surface area (TPSA) is 98.7 Å². The molecule has 1 saturated heterocycles. The summed E-state index contributed by atoms with van der Waals surface area (Å²) in [4.78, 5) is 24.7. The molecule has 1 aromatic rings. The van der Waals surface area contributed by atoms with Gasteiger partial charge >= 0.3 is 5.69 Å². The van der Waals surface area contributed by atoms with Crippen molar-refractivity contribution in [2.75, 3.05) is 25.9 Å². The predicted octanol–water partition coefficient (Wildman–Crippen LogP) is 1.67. The van der Waals surface area contributed by atoms with Crippen molar-refractivity contribution in [3.63, 3.8) is 0 Å². The van der Waals surface area contributed by atoms with Crippen molar-refractivity contribution in [3.05, 3.63) is 33.9 Å². The van der Waals surface area contributed by atoms with E-state index in [1.54, 1.807) is 18.1 Å². The first-order chi connectivity index (χ1) is 9.95. The lowest BCUT2D eigenvalue weighted by Gasteiger charge is -2.36. The highest BCUT2D eigenvalue weighted by Crippen LogP contribution is 2.29. The zero-order chi connectivity index (χ0) is 15.6. The molecule has 0 aromatic heterocycles. The fourth-order valence-corrected chi connectivity index (χ4v) is 2.63. The number of hydrogen-bond acceptors (Lipinski definition) is 5. The number of nitrogen functional groups attached to an aromatic ring is 1. The van der Waals surface area contributed by atoms with Crippen LogP contribution >= 0.6 is 0 Å².